The van der Waals surface area contributed by atoms with Crippen LogP contribution in [-0.4, -0.2) is 33.6 Å². The Bertz CT molecular complexity index is 80.5. The summed E-state index contributed by atoms with van der Waals surface area (Å²) in [7, 11) is 3.17. The van der Waals surface area contributed by atoms with Crippen LogP contribution in [0, 0.1) is 0 Å². The number of carbonyl (C=O) groups excluding carboxylic acids is 1. The van der Waals surface area contributed by atoms with Crippen LogP contribution in [0.25, 0.3) is 0 Å². The maximum Gasteiger partial charge on any atom is 0.302 e. The van der Waals surface area contributed by atoms with E-state index < -0.39 is 0 Å². The van der Waals surface area contributed by atoms with Crippen LogP contribution in [0.1, 0.15) is 13.8 Å². The van der Waals surface area contributed by atoms with Gasteiger partial charge in [-0.2, -0.15) is 0 Å². The van der Waals surface area contributed by atoms with Crippen LogP contribution in [-0.2, 0) is 19.0 Å². The van der Waals surface area contributed by atoms with Gasteiger partial charge in [0.2, 0.25) is 0 Å². The summed E-state index contributed by atoms with van der Waals surface area (Å²) in [5.74, 6) is -0.211. The molecule has 0 N–H and O–H groups in total. The number of hydrogen-bond donors (Lipinski definition) is 0. The van der Waals surface area contributed by atoms with Crippen molar-refractivity contribution in [1.82, 2.24) is 0 Å². The molecule has 0 aromatic carbocycles. The van der Waals surface area contributed by atoms with Crippen LogP contribution in [0.5, 0.6) is 0 Å². The largest absolute Gasteiger partial charge is 0.466 e. The summed E-state index contributed by atoms with van der Waals surface area (Å²) in [4.78, 5) is 9.82. The van der Waals surface area contributed by atoms with Gasteiger partial charge < -0.3 is 14.2 Å². The minimum atomic E-state index is -0.211. The van der Waals surface area contributed by atoms with Crippen molar-refractivity contribution in [2.75, 3.05) is 27.6 Å². The van der Waals surface area contributed by atoms with Crippen molar-refractivity contribution in [1.29, 1.82) is 0 Å². The van der Waals surface area contributed by atoms with E-state index in [9.17, 15) is 4.79 Å². The zero-order chi connectivity index (χ0) is 9.11. The van der Waals surface area contributed by atoms with E-state index >= 15 is 0 Å². The van der Waals surface area contributed by atoms with Crippen LogP contribution in [0.2, 0.25) is 0 Å². The fraction of sp³-hybridized carbons (Fsp3) is 0.857. The fourth-order valence-corrected chi connectivity index (χ4v) is 0.321. The number of ether oxygens (including phenoxy) is 3. The molecule has 0 atom stereocenters. The van der Waals surface area contributed by atoms with E-state index in [1.807, 2.05) is 0 Å². The number of methoxy groups -OCH3 is 2. The van der Waals surface area contributed by atoms with Crippen LogP contribution in [0.4, 0.5) is 0 Å². The van der Waals surface area contributed by atoms with Gasteiger partial charge in [-0.3, -0.25) is 4.79 Å². The molecule has 0 aromatic heterocycles. The summed E-state index contributed by atoms with van der Waals surface area (Å²) < 4.78 is 13.3. The number of hydrogen-bond acceptors (Lipinski definition) is 4. The molecule has 0 spiro atoms. The molecule has 0 heterocycles. The van der Waals surface area contributed by atoms with Crippen molar-refractivity contribution in [2.24, 2.45) is 0 Å². The molecule has 0 unspecified atom stereocenters. The Morgan fingerprint density at radius 3 is 1.73 bits per heavy atom. The quantitative estimate of drug-likeness (QED) is 0.457. The smallest absolute Gasteiger partial charge is 0.302 e. The first-order valence-electron chi connectivity index (χ1n) is 3.30. The third-order valence-electron chi connectivity index (χ3n) is 0.583. The van der Waals surface area contributed by atoms with E-state index in [4.69, 9.17) is 0 Å². The molecule has 4 heteroatoms. The lowest BCUT2D eigenvalue weighted by Crippen LogP contribution is -1.95. The summed E-state index contributed by atoms with van der Waals surface area (Å²) in [6.45, 7) is 4.04. The monoisotopic (exact) mass is 164 g/mol. The number of rotatable bonds is 3. The molecule has 68 valence electrons. The molecule has 0 amide bonds. The van der Waals surface area contributed by atoms with Gasteiger partial charge in [-0.25, -0.2) is 0 Å². The molecular formula is C7H16O4. The van der Waals surface area contributed by atoms with Gasteiger partial charge in [-0.1, -0.05) is 0 Å². The second-order valence-electron chi connectivity index (χ2n) is 1.62. The van der Waals surface area contributed by atoms with Gasteiger partial charge in [-0.05, 0) is 6.92 Å². The van der Waals surface area contributed by atoms with E-state index in [-0.39, 0.29) is 5.97 Å². The lowest BCUT2D eigenvalue weighted by atomic mass is 10.8. The van der Waals surface area contributed by atoms with E-state index in [0.717, 1.165) is 0 Å². The zero-order valence-corrected chi connectivity index (χ0v) is 7.55. The Balaban J connectivity index is 0. The highest BCUT2D eigenvalue weighted by atomic mass is 16.6. The van der Waals surface area contributed by atoms with Crippen molar-refractivity contribution in [3.8, 4) is 0 Å². The Hall–Kier alpha value is -0.610. The van der Waals surface area contributed by atoms with Crippen LogP contribution < -0.4 is 0 Å². The highest BCUT2D eigenvalue weighted by Gasteiger charge is 1.81. The topological polar surface area (TPSA) is 44.8 Å². The lowest BCUT2D eigenvalue weighted by Gasteiger charge is -1.89. The minimum absolute atomic E-state index is 0.211. The molecule has 0 saturated heterocycles. The average molecular weight is 164 g/mol. The predicted molar refractivity (Wildman–Crippen MR) is 41.2 cm³/mol. The summed E-state index contributed by atoms with van der Waals surface area (Å²) in [5.41, 5.74) is 0. The summed E-state index contributed by atoms with van der Waals surface area (Å²) >= 11 is 0. The summed E-state index contributed by atoms with van der Waals surface area (Å²) in [6.07, 6.45) is 0. The van der Waals surface area contributed by atoms with Crippen molar-refractivity contribution >= 4 is 5.97 Å². The number of carbonyl (C=O) groups is 1. The van der Waals surface area contributed by atoms with Crippen LogP contribution in [0.15, 0.2) is 0 Å². The van der Waals surface area contributed by atoms with Gasteiger partial charge in [0.25, 0.3) is 0 Å². The normalized spacial score (nSPS) is 8.00. The second kappa shape index (κ2) is 12.1. The van der Waals surface area contributed by atoms with Gasteiger partial charge >= 0.3 is 5.97 Å². The van der Waals surface area contributed by atoms with E-state index in [1.165, 1.54) is 6.92 Å². The Kier molecular flexibility index (Phi) is 14.3. The third kappa shape index (κ3) is 26.6. The Labute approximate surface area is 67.4 Å². The molecule has 0 aliphatic carbocycles. The molecule has 0 bridgehead atoms. The maximum absolute atomic E-state index is 9.82. The molecule has 11 heavy (non-hydrogen) atoms. The standard InChI is InChI=1S/C4H8O2.C3H8O2/c1-3-6-4(2)5;1-4-3-5-2/h3H2,1-2H3;3H2,1-2H3. The SMILES string of the molecule is CCOC(C)=O.COCOC. The first-order valence-corrected chi connectivity index (χ1v) is 3.30. The first-order chi connectivity index (χ1) is 5.18. The highest BCUT2D eigenvalue weighted by molar-refractivity contribution is 5.65. The average Bonchev–Trinajstić information content (AvgIpc) is 1.90. The van der Waals surface area contributed by atoms with E-state index in [2.05, 4.69) is 14.2 Å². The minimum Gasteiger partial charge on any atom is -0.466 e. The van der Waals surface area contributed by atoms with Gasteiger partial charge in [0.15, 0.2) is 0 Å². The molecule has 0 aliphatic rings. The highest BCUT2D eigenvalue weighted by Crippen LogP contribution is 1.69. The van der Waals surface area contributed by atoms with Crippen molar-refractivity contribution in [3.05, 3.63) is 0 Å². The van der Waals surface area contributed by atoms with Crippen LogP contribution >= 0.6 is 0 Å². The Morgan fingerprint density at radius 2 is 1.73 bits per heavy atom. The number of esters is 1. The second-order valence-corrected chi connectivity index (χ2v) is 1.62. The molecule has 0 aliphatic heterocycles. The van der Waals surface area contributed by atoms with Crippen molar-refractivity contribution in [3.63, 3.8) is 0 Å². The summed E-state index contributed by atoms with van der Waals surface area (Å²) in [5, 5.41) is 0. The summed E-state index contributed by atoms with van der Waals surface area (Å²) in [6, 6.07) is 0. The molecule has 0 aromatic rings. The molecule has 0 rings (SSSR count). The van der Waals surface area contributed by atoms with Crippen LogP contribution in [0.3, 0.4) is 0 Å². The molecule has 0 radical (unpaired) electrons. The van der Waals surface area contributed by atoms with E-state index in [0.29, 0.717) is 13.4 Å². The lowest BCUT2D eigenvalue weighted by molar-refractivity contribution is -0.140. The Morgan fingerprint density at radius 1 is 1.27 bits per heavy atom. The molecule has 0 fully saturated rings. The van der Waals surface area contributed by atoms with Crippen molar-refractivity contribution in [2.45, 2.75) is 13.8 Å². The fourth-order valence-electron chi connectivity index (χ4n) is 0.321. The maximum atomic E-state index is 9.82. The molecule has 0 saturated carbocycles. The van der Waals surface area contributed by atoms with Crippen molar-refractivity contribution < 1.29 is 19.0 Å². The van der Waals surface area contributed by atoms with E-state index in [1.54, 1.807) is 21.1 Å². The third-order valence-corrected chi connectivity index (χ3v) is 0.583. The molecule has 4 nitrogen and oxygen atoms in total. The predicted octanol–water partition coefficient (Wildman–Crippen LogP) is 0.806. The van der Waals surface area contributed by atoms with Gasteiger partial charge in [0, 0.05) is 21.1 Å². The van der Waals surface area contributed by atoms with Gasteiger partial charge in [0.1, 0.15) is 6.79 Å². The van der Waals surface area contributed by atoms with Gasteiger partial charge in [0.05, 0.1) is 6.61 Å². The first kappa shape index (κ1) is 13.0. The van der Waals surface area contributed by atoms with Gasteiger partial charge in [-0.15, -0.1) is 0 Å². The zero-order valence-electron chi connectivity index (χ0n) is 7.55. The molecular weight excluding hydrogens is 148 g/mol.